The predicted octanol–water partition coefficient (Wildman–Crippen LogP) is 17.0. The van der Waals surface area contributed by atoms with E-state index in [0.29, 0.717) is 60.0 Å². The van der Waals surface area contributed by atoms with Crippen LogP contribution in [-0.2, 0) is 63.8 Å². The highest BCUT2D eigenvalue weighted by Gasteiger charge is 2.44. The summed E-state index contributed by atoms with van der Waals surface area (Å²) in [6, 6.07) is 29.3. The number of nitrogens with one attached hydrogen (secondary N) is 5. The van der Waals surface area contributed by atoms with Crippen LogP contribution in [0.2, 0.25) is 0 Å². The lowest BCUT2D eigenvalue weighted by molar-refractivity contribution is -0.154. The minimum absolute atomic E-state index is 0.0671. The Morgan fingerprint density at radius 2 is 0.940 bits per heavy atom. The Morgan fingerprint density at radius 1 is 0.534 bits per heavy atom. The number of esters is 1. The number of alkyl carbamates (subject to hydrolysis) is 1. The number of nitrogens with two attached hydrogens (primary N) is 1. The number of aliphatic carboxylic acids is 1. The molecule has 6 aromatic carbocycles. The van der Waals surface area contributed by atoms with Gasteiger partial charge in [0, 0.05) is 66.3 Å². The van der Waals surface area contributed by atoms with Crippen LogP contribution in [-0.4, -0.2) is 117 Å². The number of ether oxygens (including phenoxy) is 2. The minimum atomic E-state index is -4.86. The lowest BCUT2D eigenvalue weighted by Gasteiger charge is -2.41. The Morgan fingerprint density at radius 3 is 1.32 bits per heavy atom. The van der Waals surface area contributed by atoms with E-state index in [0.717, 1.165) is 74.2 Å². The minimum Gasteiger partial charge on any atom is -0.481 e. The molecule has 0 bridgehead atoms. The van der Waals surface area contributed by atoms with Crippen molar-refractivity contribution in [2.75, 3.05) is 47.4 Å². The largest absolute Gasteiger partial charge is 0.481 e. The number of benzene rings is 6. The molecule has 4 fully saturated rings. The second kappa shape index (κ2) is 41.0. The van der Waals surface area contributed by atoms with E-state index in [1.54, 1.807) is 74.4 Å². The first-order valence-electron chi connectivity index (χ1n) is 39.3. The van der Waals surface area contributed by atoms with Crippen LogP contribution < -0.4 is 32.3 Å². The first-order valence-corrected chi connectivity index (χ1v) is 39.3. The molecule has 0 radical (unpaired) electrons. The van der Waals surface area contributed by atoms with Crippen LogP contribution in [0.1, 0.15) is 216 Å². The van der Waals surface area contributed by atoms with Crippen molar-refractivity contribution in [2.24, 2.45) is 41.2 Å². The van der Waals surface area contributed by atoms with Crippen molar-refractivity contribution < 1.29 is 98.0 Å². The fraction of sp³-hybridized carbons (Fsp3) is 0.483. The second-order valence-corrected chi connectivity index (χ2v) is 31.8. The molecule has 9 N–H and O–H groups in total. The van der Waals surface area contributed by atoms with Gasteiger partial charge in [0.2, 0.25) is 11.8 Å². The number of rotatable bonds is 26. The van der Waals surface area contributed by atoms with Crippen LogP contribution >= 0.6 is 0 Å². The van der Waals surface area contributed by atoms with Crippen LogP contribution in [0.25, 0.3) is 0 Å². The first-order chi connectivity index (χ1) is 54.8. The van der Waals surface area contributed by atoms with Crippen LogP contribution in [0, 0.1) is 61.0 Å². The Bertz CT molecular complexity index is 4380. The van der Waals surface area contributed by atoms with Gasteiger partial charge in [-0.2, -0.15) is 26.3 Å². The smallest absolute Gasteiger partial charge is 0.416 e. The summed E-state index contributed by atoms with van der Waals surface area (Å²) in [6.07, 6.45) is -0.0319. The van der Waals surface area contributed by atoms with Gasteiger partial charge in [-0.3, -0.25) is 38.4 Å². The zero-order valence-electron chi connectivity index (χ0n) is 66.8. The molecule has 2 saturated heterocycles. The summed E-state index contributed by atoms with van der Waals surface area (Å²) in [6.45, 7) is 13.9. The van der Waals surface area contributed by atoms with Gasteiger partial charge >= 0.3 is 30.4 Å². The van der Waals surface area contributed by atoms with Gasteiger partial charge in [0.25, 0.3) is 11.8 Å². The number of halogens is 8. The average molecular weight is 1620 g/mol. The number of aliphatic hydroxyl groups excluding tert-OH is 1. The molecule has 2 aliphatic carbocycles. The van der Waals surface area contributed by atoms with Gasteiger partial charge in [0.05, 0.1) is 77.7 Å². The van der Waals surface area contributed by atoms with E-state index in [1.807, 2.05) is 48.5 Å². The number of hydrogen-bond donors (Lipinski definition) is 8. The fourth-order valence-corrected chi connectivity index (χ4v) is 15.2. The van der Waals surface area contributed by atoms with Crippen molar-refractivity contribution in [1.29, 1.82) is 0 Å². The van der Waals surface area contributed by atoms with Crippen LogP contribution in [0.4, 0.5) is 62.7 Å². The number of Topliss-reactive ketones (excluding diaryl/α,β-unsaturated/α-hetero) is 2. The fourth-order valence-electron chi connectivity index (χ4n) is 15.2. The molecule has 0 spiro atoms. The number of anilines is 4. The molecule has 29 heteroatoms. The van der Waals surface area contributed by atoms with E-state index in [2.05, 4.69) is 26.6 Å². The number of ketones is 2. The van der Waals surface area contributed by atoms with Gasteiger partial charge in [-0.1, -0.05) is 114 Å². The molecular formula is C87H106F8N8O13. The summed E-state index contributed by atoms with van der Waals surface area (Å²) in [4.78, 5) is 117. The molecule has 2 heterocycles. The Hall–Kier alpha value is -10.3. The van der Waals surface area contributed by atoms with Crippen molar-refractivity contribution >= 4 is 76.0 Å². The standard InChI is InChI=1S/C41H48F4N4O5.C33H35F4N3O3.C13H23NO5/c1-24(2)33(21-31(50)22-46)40(53)54-23-27-15-18-30(20-34(27)41(43,44)45)48-38(51)32-11-7-19-49(39(52)36-25(3)8-6-12-35(36)42)37(32)26-13-16-29(17-14-26)47-28-9-4-5-10-28;1-20-6-4-10-28(34)29(20)32(43)40-17-5-9-26(30(40)21-11-14-24(15-12-21)38-23-7-2-3-8-23)31(42)39-25-16-13-22(19-41)27(18-25)33(35,36)37;1-8(2)10(11(16)17)6-9(15)7-14-12(18)19-13(3,4)5/h6,8,12-18,20,24,28,32-33,37,47H,4-5,7,9-11,19,21-23,46H2,1-3H3,(H,48,51);4,6,10-16,18,23,26,30,38,41H,2-3,5,7-9,17,19H2,1H3,(H,39,42);8,10H,6-7H2,1-5H3,(H,14,18)(H,16,17)/t32-,33-,37-;26-,30-;10-/m000/s1. The highest BCUT2D eigenvalue weighted by Crippen LogP contribution is 2.43. The summed E-state index contributed by atoms with van der Waals surface area (Å²) in [5, 5.41) is 32.9. The van der Waals surface area contributed by atoms with E-state index in [9.17, 15) is 79.0 Å². The number of carbonyl (C=O) groups is 9. The monoisotopic (exact) mass is 1620 g/mol. The number of hydrogen-bond acceptors (Lipinski definition) is 15. The van der Waals surface area contributed by atoms with E-state index >= 15 is 4.39 Å². The van der Waals surface area contributed by atoms with Crippen LogP contribution in [0.15, 0.2) is 121 Å². The van der Waals surface area contributed by atoms with Crippen molar-refractivity contribution in [3.63, 3.8) is 0 Å². The maximum absolute atomic E-state index is 15.1. The van der Waals surface area contributed by atoms with Gasteiger partial charge in [0.1, 0.15) is 29.6 Å². The van der Waals surface area contributed by atoms with Crippen LogP contribution in [0.3, 0.4) is 0 Å². The van der Waals surface area contributed by atoms with E-state index in [1.165, 1.54) is 59.0 Å². The highest BCUT2D eigenvalue weighted by atomic mass is 19.4. The number of aryl methyl sites for hydroxylation is 2. The van der Waals surface area contributed by atoms with E-state index in [4.69, 9.17) is 20.3 Å². The summed E-state index contributed by atoms with van der Waals surface area (Å²) >= 11 is 0. The summed E-state index contributed by atoms with van der Waals surface area (Å²) in [7, 11) is 0. The summed E-state index contributed by atoms with van der Waals surface area (Å²) in [5.74, 6) is -9.88. The third kappa shape index (κ3) is 25.1. The molecule has 21 nitrogen and oxygen atoms in total. The number of aliphatic hydroxyl groups is 1. The number of carboxylic acids is 1. The number of likely N-dealkylation sites (tertiary alicyclic amines) is 2. The van der Waals surface area contributed by atoms with Crippen molar-refractivity contribution in [3.05, 3.63) is 189 Å². The zero-order chi connectivity index (χ0) is 85.1. The van der Waals surface area contributed by atoms with Crippen molar-refractivity contribution in [2.45, 2.75) is 208 Å². The number of piperidine rings is 2. The lowest BCUT2D eigenvalue weighted by Crippen LogP contribution is -2.46. The molecule has 6 aromatic rings. The Kier molecular flexibility index (Phi) is 32.3. The molecule has 6 atom stereocenters. The highest BCUT2D eigenvalue weighted by molar-refractivity contribution is 6.00. The molecule has 116 heavy (non-hydrogen) atoms. The normalized spacial score (nSPS) is 17.8. The number of nitrogens with zero attached hydrogens (tertiary/aromatic N) is 2. The summed E-state index contributed by atoms with van der Waals surface area (Å²) in [5.41, 5.74) is 5.62. The third-order valence-electron chi connectivity index (χ3n) is 21.4. The van der Waals surface area contributed by atoms with Gasteiger partial charge in [-0.25, -0.2) is 13.6 Å². The zero-order valence-corrected chi connectivity index (χ0v) is 66.8. The van der Waals surface area contributed by atoms with E-state index < -0.39 is 131 Å². The van der Waals surface area contributed by atoms with Crippen molar-refractivity contribution in [1.82, 2.24) is 15.1 Å². The molecule has 0 unspecified atom stereocenters. The maximum atomic E-state index is 15.1. The maximum Gasteiger partial charge on any atom is 0.416 e. The number of alkyl halides is 6. The topological polar surface area (TPSA) is 305 Å². The third-order valence-corrected chi connectivity index (χ3v) is 21.4. The average Bonchev–Trinajstić information content (AvgIpc) is 0.844. The molecule has 2 saturated carbocycles. The molecular weight excluding hydrogens is 1520 g/mol. The second-order valence-electron chi connectivity index (χ2n) is 31.8. The molecule has 10 rings (SSSR count). The van der Waals surface area contributed by atoms with Gasteiger partial charge < -0.3 is 61.8 Å². The van der Waals surface area contributed by atoms with Crippen molar-refractivity contribution in [3.8, 4) is 0 Å². The lowest BCUT2D eigenvalue weighted by atomic mass is 9.83. The van der Waals surface area contributed by atoms with Gasteiger partial charge in [-0.15, -0.1) is 0 Å². The van der Waals surface area contributed by atoms with E-state index in [-0.39, 0.29) is 96.1 Å². The molecule has 2 aliphatic heterocycles. The number of amides is 5. The predicted molar refractivity (Wildman–Crippen MR) is 423 cm³/mol. The number of carboxylic acid groups (broad SMARTS) is 1. The quantitative estimate of drug-likeness (QED) is 0.0185. The summed E-state index contributed by atoms with van der Waals surface area (Å²) < 4.78 is 124. The van der Waals surface area contributed by atoms with Gasteiger partial charge in [-0.05, 0) is 186 Å². The molecule has 5 amide bonds. The Labute approximate surface area is 671 Å². The molecule has 4 aliphatic rings. The SMILES string of the molecule is CC(C)[C@H](CC(=O)CNC(=O)OC(C)(C)C)C(=O)O.Cc1cccc(F)c1C(=O)N1CCC[C@H](C(=O)Nc2ccc(CO)c(C(F)(F)F)c2)[C@@H]1c1ccc(NC2CCCC2)cc1.Cc1cccc(F)c1C(=O)N1CCC[C@H](C(=O)Nc2ccc(COC(=O)[C@@H](CC(=O)CN)C(C)C)c(C(F)(F)F)c2)[C@@H]1c1ccc(NC2CCCC2)cc1. The Balaban J connectivity index is 0.000000241. The molecule has 628 valence electrons. The first kappa shape index (κ1) is 91.2. The van der Waals surface area contributed by atoms with Crippen LogP contribution in [0.5, 0.6) is 0 Å². The molecule has 0 aromatic heterocycles. The number of carbonyl (C=O) groups excluding carboxylic acids is 8. The van der Waals surface area contributed by atoms with Gasteiger partial charge in [0.15, 0.2) is 5.78 Å².